The number of nitrogens with zero attached hydrogens (tertiary/aromatic N) is 1. The summed E-state index contributed by atoms with van der Waals surface area (Å²) in [7, 11) is -0.890. The SMILES string of the molecule is CC1NCCN(C(=O)c2cccc(CS(C)=O)c2)C1C. The van der Waals surface area contributed by atoms with E-state index in [1.165, 1.54) is 0 Å². The van der Waals surface area contributed by atoms with Crippen LogP contribution in [0.15, 0.2) is 24.3 Å². The minimum Gasteiger partial charge on any atom is -0.333 e. The van der Waals surface area contributed by atoms with Gasteiger partial charge in [-0.15, -0.1) is 0 Å². The second-order valence-corrected chi connectivity index (χ2v) is 6.83. The summed E-state index contributed by atoms with van der Waals surface area (Å²) in [6.07, 6.45) is 1.68. The Kier molecular flexibility index (Phi) is 4.94. The van der Waals surface area contributed by atoms with Gasteiger partial charge in [-0.3, -0.25) is 9.00 Å². The first-order chi connectivity index (χ1) is 9.49. The Morgan fingerprint density at radius 3 is 2.90 bits per heavy atom. The number of hydrogen-bond donors (Lipinski definition) is 1. The zero-order valence-corrected chi connectivity index (χ0v) is 13.1. The maximum absolute atomic E-state index is 12.6. The van der Waals surface area contributed by atoms with Gasteiger partial charge in [0.1, 0.15) is 0 Å². The summed E-state index contributed by atoms with van der Waals surface area (Å²) in [5.74, 6) is 0.559. The van der Waals surface area contributed by atoms with Crippen LogP contribution in [0.3, 0.4) is 0 Å². The maximum atomic E-state index is 12.6. The van der Waals surface area contributed by atoms with Crippen molar-refractivity contribution in [3.8, 4) is 0 Å². The van der Waals surface area contributed by atoms with E-state index >= 15 is 0 Å². The standard InChI is InChI=1S/C15H22N2O2S/c1-11-12(2)17(8-7-16-11)15(18)14-6-4-5-13(9-14)10-20(3)19/h4-6,9,11-12,16H,7-8,10H2,1-3H3. The van der Waals surface area contributed by atoms with E-state index < -0.39 is 10.8 Å². The molecule has 3 atom stereocenters. The predicted molar refractivity (Wildman–Crippen MR) is 82.2 cm³/mol. The molecule has 0 radical (unpaired) electrons. The monoisotopic (exact) mass is 294 g/mol. The average Bonchev–Trinajstić information content (AvgIpc) is 2.41. The van der Waals surface area contributed by atoms with Gasteiger partial charge in [0.2, 0.25) is 0 Å². The van der Waals surface area contributed by atoms with E-state index in [-0.39, 0.29) is 11.9 Å². The lowest BCUT2D eigenvalue weighted by molar-refractivity contribution is 0.0603. The third kappa shape index (κ3) is 3.46. The molecule has 1 aromatic rings. The fraction of sp³-hybridized carbons (Fsp3) is 0.533. The number of carbonyl (C=O) groups is 1. The predicted octanol–water partition coefficient (Wildman–Crippen LogP) is 1.39. The third-order valence-electron chi connectivity index (χ3n) is 3.84. The molecule has 0 bridgehead atoms. The largest absolute Gasteiger partial charge is 0.333 e. The lowest BCUT2D eigenvalue weighted by Gasteiger charge is -2.38. The Labute approximate surface area is 123 Å². The molecule has 5 heteroatoms. The van der Waals surface area contributed by atoms with Crippen molar-refractivity contribution in [3.63, 3.8) is 0 Å². The smallest absolute Gasteiger partial charge is 0.254 e. The molecule has 1 saturated heterocycles. The van der Waals surface area contributed by atoms with E-state index in [1.807, 2.05) is 29.2 Å². The summed E-state index contributed by atoms with van der Waals surface area (Å²) in [4.78, 5) is 14.5. The van der Waals surface area contributed by atoms with Gasteiger partial charge >= 0.3 is 0 Å². The summed E-state index contributed by atoms with van der Waals surface area (Å²) in [6.45, 7) is 5.73. The molecule has 1 N–H and O–H groups in total. The minimum atomic E-state index is -0.890. The van der Waals surface area contributed by atoms with Gasteiger partial charge in [0.15, 0.2) is 0 Å². The highest BCUT2D eigenvalue weighted by atomic mass is 32.2. The highest BCUT2D eigenvalue weighted by Gasteiger charge is 2.28. The van der Waals surface area contributed by atoms with Crippen LogP contribution in [0.2, 0.25) is 0 Å². The van der Waals surface area contributed by atoms with Crippen molar-refractivity contribution in [2.75, 3.05) is 19.3 Å². The Balaban J connectivity index is 2.18. The Morgan fingerprint density at radius 2 is 2.20 bits per heavy atom. The quantitative estimate of drug-likeness (QED) is 0.916. The van der Waals surface area contributed by atoms with Gasteiger partial charge in [0.05, 0.1) is 0 Å². The molecule has 1 amide bonds. The van der Waals surface area contributed by atoms with E-state index in [2.05, 4.69) is 19.2 Å². The molecule has 110 valence electrons. The lowest BCUT2D eigenvalue weighted by Crippen LogP contribution is -2.57. The Bertz CT molecular complexity index is 518. The molecular formula is C15H22N2O2S. The van der Waals surface area contributed by atoms with Gasteiger partial charge in [-0.1, -0.05) is 12.1 Å². The molecule has 0 spiro atoms. The van der Waals surface area contributed by atoms with Crippen molar-refractivity contribution in [1.29, 1.82) is 0 Å². The summed E-state index contributed by atoms with van der Waals surface area (Å²) >= 11 is 0. The summed E-state index contributed by atoms with van der Waals surface area (Å²) in [5.41, 5.74) is 1.64. The molecule has 1 aliphatic heterocycles. The number of amides is 1. The van der Waals surface area contributed by atoms with Crippen LogP contribution in [0.1, 0.15) is 29.8 Å². The first kappa shape index (κ1) is 15.2. The number of benzene rings is 1. The zero-order chi connectivity index (χ0) is 14.7. The topological polar surface area (TPSA) is 49.4 Å². The molecule has 0 aliphatic carbocycles. The fourth-order valence-corrected chi connectivity index (χ4v) is 3.19. The van der Waals surface area contributed by atoms with Crippen molar-refractivity contribution in [3.05, 3.63) is 35.4 Å². The molecule has 0 saturated carbocycles. The van der Waals surface area contributed by atoms with Crippen molar-refractivity contribution in [2.24, 2.45) is 0 Å². The van der Waals surface area contributed by atoms with E-state index in [4.69, 9.17) is 0 Å². The van der Waals surface area contributed by atoms with Crippen LogP contribution in [0.4, 0.5) is 0 Å². The number of nitrogens with one attached hydrogen (secondary N) is 1. The first-order valence-electron chi connectivity index (χ1n) is 6.92. The Hall–Kier alpha value is -1.20. The maximum Gasteiger partial charge on any atom is 0.254 e. The zero-order valence-electron chi connectivity index (χ0n) is 12.3. The van der Waals surface area contributed by atoms with Crippen molar-refractivity contribution >= 4 is 16.7 Å². The molecule has 1 aromatic carbocycles. The van der Waals surface area contributed by atoms with E-state index in [1.54, 1.807) is 6.26 Å². The van der Waals surface area contributed by atoms with Gasteiger partial charge in [0.25, 0.3) is 5.91 Å². The lowest BCUT2D eigenvalue weighted by atomic mass is 10.0. The average molecular weight is 294 g/mol. The van der Waals surface area contributed by atoms with E-state index in [0.717, 1.165) is 18.7 Å². The molecule has 2 rings (SSSR count). The van der Waals surface area contributed by atoms with Crippen molar-refractivity contribution in [2.45, 2.75) is 31.7 Å². The number of rotatable bonds is 3. The summed E-state index contributed by atoms with van der Waals surface area (Å²) in [5, 5.41) is 3.37. The normalized spacial score (nSPS) is 24.4. The van der Waals surface area contributed by atoms with Crippen LogP contribution in [0.25, 0.3) is 0 Å². The number of piperazine rings is 1. The Morgan fingerprint density at radius 1 is 1.45 bits per heavy atom. The minimum absolute atomic E-state index is 0.0644. The fourth-order valence-electron chi connectivity index (χ4n) is 2.54. The second kappa shape index (κ2) is 6.50. The third-order valence-corrected chi connectivity index (χ3v) is 4.58. The number of hydrogen-bond acceptors (Lipinski definition) is 3. The van der Waals surface area contributed by atoms with Gasteiger partial charge in [-0.2, -0.15) is 0 Å². The highest BCUT2D eigenvalue weighted by molar-refractivity contribution is 7.83. The van der Waals surface area contributed by atoms with Crippen LogP contribution in [-0.4, -0.2) is 46.4 Å². The molecule has 3 unspecified atom stereocenters. The van der Waals surface area contributed by atoms with E-state index in [0.29, 0.717) is 17.4 Å². The molecular weight excluding hydrogens is 272 g/mol. The van der Waals surface area contributed by atoms with Crippen LogP contribution < -0.4 is 5.32 Å². The van der Waals surface area contributed by atoms with Gasteiger partial charge in [-0.05, 0) is 31.5 Å². The van der Waals surface area contributed by atoms with E-state index in [9.17, 15) is 9.00 Å². The summed E-state index contributed by atoms with van der Waals surface area (Å²) < 4.78 is 11.3. The van der Waals surface area contributed by atoms with Gasteiger partial charge in [-0.25, -0.2) is 0 Å². The number of carbonyl (C=O) groups excluding carboxylic acids is 1. The van der Waals surface area contributed by atoms with Crippen molar-refractivity contribution in [1.82, 2.24) is 10.2 Å². The van der Waals surface area contributed by atoms with Gasteiger partial charge < -0.3 is 10.2 Å². The molecule has 0 aromatic heterocycles. The van der Waals surface area contributed by atoms with Crippen LogP contribution in [0.5, 0.6) is 0 Å². The van der Waals surface area contributed by atoms with Gasteiger partial charge in [0, 0.05) is 53.5 Å². The summed E-state index contributed by atoms with van der Waals surface area (Å²) in [6, 6.07) is 7.97. The van der Waals surface area contributed by atoms with Crippen LogP contribution in [0, 0.1) is 0 Å². The molecule has 1 heterocycles. The molecule has 20 heavy (non-hydrogen) atoms. The first-order valence-corrected chi connectivity index (χ1v) is 8.65. The second-order valence-electron chi connectivity index (χ2n) is 5.40. The molecule has 4 nitrogen and oxygen atoms in total. The van der Waals surface area contributed by atoms with Crippen LogP contribution in [-0.2, 0) is 16.6 Å². The van der Waals surface area contributed by atoms with Crippen LogP contribution >= 0.6 is 0 Å². The molecule has 1 fully saturated rings. The highest BCUT2D eigenvalue weighted by Crippen LogP contribution is 2.15. The molecule has 1 aliphatic rings. The van der Waals surface area contributed by atoms with Crippen molar-refractivity contribution < 1.29 is 9.00 Å².